The van der Waals surface area contributed by atoms with Gasteiger partial charge in [-0.25, -0.2) is 0 Å². The summed E-state index contributed by atoms with van der Waals surface area (Å²) in [6.07, 6.45) is 6.29. The van der Waals surface area contributed by atoms with Crippen LogP contribution in [-0.4, -0.2) is 47.3 Å². The van der Waals surface area contributed by atoms with E-state index in [9.17, 15) is 0 Å². The van der Waals surface area contributed by atoms with Crippen molar-refractivity contribution in [2.24, 2.45) is 23.9 Å². The molecular formula is C15H27N5. The van der Waals surface area contributed by atoms with Crippen molar-refractivity contribution in [3.8, 4) is 0 Å². The first-order valence-electron chi connectivity index (χ1n) is 7.51. The van der Waals surface area contributed by atoms with Gasteiger partial charge in [0.25, 0.3) is 0 Å². The van der Waals surface area contributed by atoms with Crippen LogP contribution < -0.4 is 5.32 Å². The molecule has 0 saturated carbocycles. The lowest BCUT2D eigenvalue weighted by atomic mass is 9.92. The Balaban J connectivity index is 1.83. The van der Waals surface area contributed by atoms with Gasteiger partial charge in [0.05, 0.1) is 6.20 Å². The van der Waals surface area contributed by atoms with Crippen LogP contribution in [0.15, 0.2) is 17.4 Å². The minimum atomic E-state index is 0.746. The molecule has 1 aromatic rings. The quantitative estimate of drug-likeness (QED) is 0.673. The number of rotatable bonds is 3. The zero-order chi connectivity index (χ0) is 14.5. The van der Waals surface area contributed by atoms with Gasteiger partial charge in [0.15, 0.2) is 5.96 Å². The highest BCUT2D eigenvalue weighted by Crippen LogP contribution is 2.20. The van der Waals surface area contributed by atoms with E-state index in [2.05, 4.69) is 40.4 Å². The summed E-state index contributed by atoms with van der Waals surface area (Å²) in [5.74, 6) is 2.53. The lowest BCUT2D eigenvalue weighted by Gasteiger charge is -2.37. The minimum Gasteiger partial charge on any atom is -0.356 e. The van der Waals surface area contributed by atoms with E-state index in [0.717, 1.165) is 43.9 Å². The van der Waals surface area contributed by atoms with Crippen molar-refractivity contribution in [2.75, 3.05) is 26.7 Å². The van der Waals surface area contributed by atoms with Crippen LogP contribution in [0.4, 0.5) is 0 Å². The van der Waals surface area contributed by atoms with Crippen LogP contribution in [0.2, 0.25) is 0 Å². The summed E-state index contributed by atoms with van der Waals surface area (Å²) in [6.45, 7) is 7.77. The summed E-state index contributed by atoms with van der Waals surface area (Å²) in [4.78, 5) is 6.82. The first-order chi connectivity index (χ1) is 9.58. The molecule has 2 atom stereocenters. The summed E-state index contributed by atoms with van der Waals surface area (Å²) < 4.78 is 1.85. The lowest BCUT2D eigenvalue weighted by Crippen LogP contribution is -2.48. The van der Waals surface area contributed by atoms with Crippen molar-refractivity contribution >= 4 is 5.96 Å². The summed E-state index contributed by atoms with van der Waals surface area (Å²) in [6, 6.07) is 0. The van der Waals surface area contributed by atoms with Crippen LogP contribution in [0.1, 0.15) is 25.8 Å². The van der Waals surface area contributed by atoms with E-state index in [-0.39, 0.29) is 0 Å². The van der Waals surface area contributed by atoms with Crippen molar-refractivity contribution in [3.05, 3.63) is 18.0 Å². The molecule has 1 aromatic heterocycles. The molecule has 2 rings (SSSR count). The van der Waals surface area contributed by atoms with E-state index in [0.29, 0.717) is 0 Å². The molecule has 1 aliphatic heterocycles. The van der Waals surface area contributed by atoms with Gasteiger partial charge in [0.2, 0.25) is 0 Å². The molecule has 20 heavy (non-hydrogen) atoms. The highest BCUT2D eigenvalue weighted by Gasteiger charge is 2.23. The molecule has 0 aromatic carbocycles. The van der Waals surface area contributed by atoms with Gasteiger partial charge >= 0.3 is 0 Å². The van der Waals surface area contributed by atoms with Crippen LogP contribution in [0, 0.1) is 11.8 Å². The van der Waals surface area contributed by atoms with Crippen LogP contribution in [0.5, 0.6) is 0 Å². The van der Waals surface area contributed by atoms with Gasteiger partial charge in [-0.05, 0) is 30.2 Å². The Labute approximate surface area is 122 Å². The third-order valence-electron chi connectivity index (χ3n) is 3.84. The highest BCUT2D eigenvalue weighted by atomic mass is 15.3. The predicted octanol–water partition coefficient (Wildman–Crippen LogP) is 1.52. The lowest BCUT2D eigenvalue weighted by molar-refractivity contribution is 0.208. The Hall–Kier alpha value is -1.52. The van der Waals surface area contributed by atoms with Crippen molar-refractivity contribution in [1.29, 1.82) is 0 Å². The van der Waals surface area contributed by atoms with E-state index in [4.69, 9.17) is 0 Å². The Kier molecular flexibility index (Phi) is 5.04. The summed E-state index contributed by atoms with van der Waals surface area (Å²) in [5.41, 5.74) is 1.26. The Morgan fingerprint density at radius 3 is 2.65 bits per heavy atom. The van der Waals surface area contributed by atoms with Crippen molar-refractivity contribution in [1.82, 2.24) is 20.0 Å². The normalized spacial score (nSPS) is 24.0. The molecule has 1 N–H and O–H groups in total. The van der Waals surface area contributed by atoms with Gasteiger partial charge < -0.3 is 10.2 Å². The van der Waals surface area contributed by atoms with Gasteiger partial charge in [-0.2, -0.15) is 5.10 Å². The predicted molar refractivity (Wildman–Crippen MR) is 82.8 cm³/mol. The van der Waals surface area contributed by atoms with E-state index in [1.165, 1.54) is 12.0 Å². The fraction of sp³-hybridized carbons (Fsp3) is 0.733. The summed E-state index contributed by atoms with van der Waals surface area (Å²) in [5, 5.41) is 7.67. The zero-order valence-corrected chi connectivity index (χ0v) is 13.1. The van der Waals surface area contributed by atoms with Gasteiger partial charge in [-0.15, -0.1) is 0 Å². The third-order valence-corrected chi connectivity index (χ3v) is 3.84. The number of hydrogen-bond donors (Lipinski definition) is 1. The second kappa shape index (κ2) is 6.77. The molecule has 0 amide bonds. The largest absolute Gasteiger partial charge is 0.356 e. The van der Waals surface area contributed by atoms with Gasteiger partial charge in [0.1, 0.15) is 0 Å². The Bertz CT molecular complexity index is 441. The van der Waals surface area contributed by atoms with Crippen molar-refractivity contribution in [3.63, 3.8) is 0 Å². The van der Waals surface area contributed by atoms with E-state index in [1.54, 1.807) is 0 Å². The van der Waals surface area contributed by atoms with Gasteiger partial charge in [0, 0.05) is 39.9 Å². The number of aryl methyl sites for hydroxylation is 1. The monoisotopic (exact) mass is 277 g/mol. The molecule has 5 heteroatoms. The first-order valence-corrected chi connectivity index (χ1v) is 7.51. The molecule has 2 unspecified atom stereocenters. The standard InChI is InChI=1S/C15H27N5/c1-12-7-13(2)10-20(9-12)15(16-3)17-6-5-14-8-18-19(4)11-14/h8,11-13H,5-7,9-10H2,1-4H3,(H,16,17). The smallest absolute Gasteiger partial charge is 0.193 e. The maximum atomic E-state index is 4.43. The van der Waals surface area contributed by atoms with Gasteiger partial charge in [-0.1, -0.05) is 13.8 Å². The number of nitrogens with zero attached hydrogens (tertiary/aromatic N) is 4. The van der Waals surface area contributed by atoms with Crippen LogP contribution in [0.25, 0.3) is 0 Å². The van der Waals surface area contributed by atoms with Crippen molar-refractivity contribution < 1.29 is 0 Å². The molecule has 0 spiro atoms. The fourth-order valence-corrected chi connectivity index (χ4v) is 3.09. The van der Waals surface area contributed by atoms with Crippen LogP contribution >= 0.6 is 0 Å². The molecule has 1 saturated heterocycles. The zero-order valence-electron chi connectivity index (χ0n) is 13.1. The highest BCUT2D eigenvalue weighted by molar-refractivity contribution is 5.80. The molecule has 112 valence electrons. The molecule has 0 aliphatic carbocycles. The third kappa shape index (κ3) is 3.99. The second-order valence-corrected chi connectivity index (χ2v) is 6.10. The number of hydrogen-bond acceptors (Lipinski definition) is 2. The van der Waals surface area contributed by atoms with Crippen molar-refractivity contribution in [2.45, 2.75) is 26.7 Å². The summed E-state index contributed by atoms with van der Waals surface area (Å²) >= 11 is 0. The number of likely N-dealkylation sites (tertiary alicyclic amines) is 1. The molecule has 2 heterocycles. The number of piperidine rings is 1. The summed E-state index contributed by atoms with van der Waals surface area (Å²) in [7, 11) is 3.82. The molecular weight excluding hydrogens is 250 g/mol. The number of aliphatic imine (C=N–C) groups is 1. The molecule has 1 aliphatic rings. The van der Waals surface area contributed by atoms with E-state index < -0.39 is 0 Å². The Morgan fingerprint density at radius 1 is 1.40 bits per heavy atom. The number of aromatic nitrogens is 2. The van der Waals surface area contributed by atoms with E-state index in [1.807, 2.05) is 25.0 Å². The second-order valence-electron chi connectivity index (χ2n) is 6.10. The molecule has 0 bridgehead atoms. The number of nitrogens with one attached hydrogen (secondary N) is 1. The number of guanidine groups is 1. The maximum Gasteiger partial charge on any atom is 0.193 e. The van der Waals surface area contributed by atoms with Crippen LogP contribution in [0.3, 0.4) is 0 Å². The van der Waals surface area contributed by atoms with Gasteiger partial charge in [-0.3, -0.25) is 9.67 Å². The topological polar surface area (TPSA) is 45.5 Å². The van der Waals surface area contributed by atoms with E-state index >= 15 is 0 Å². The SMILES string of the molecule is CN=C(NCCc1cnn(C)c1)N1CC(C)CC(C)C1. The average molecular weight is 277 g/mol. The Morgan fingerprint density at radius 2 is 2.10 bits per heavy atom. The first kappa shape index (κ1) is 14.9. The maximum absolute atomic E-state index is 4.43. The molecule has 5 nitrogen and oxygen atoms in total. The average Bonchev–Trinajstić information content (AvgIpc) is 2.79. The van der Waals surface area contributed by atoms with Crippen LogP contribution in [-0.2, 0) is 13.5 Å². The molecule has 0 radical (unpaired) electrons. The fourth-order valence-electron chi connectivity index (χ4n) is 3.09. The molecule has 1 fully saturated rings. The minimum absolute atomic E-state index is 0.746.